The summed E-state index contributed by atoms with van der Waals surface area (Å²) < 4.78 is 4.68. The van der Waals surface area contributed by atoms with Crippen LogP contribution in [0.4, 0.5) is 0 Å². The summed E-state index contributed by atoms with van der Waals surface area (Å²) in [5, 5.41) is 26.7. The molecular formula is C11H14O7. The van der Waals surface area contributed by atoms with Crippen molar-refractivity contribution in [3.8, 4) is 0 Å². The molecule has 1 atom stereocenters. The third kappa shape index (κ3) is 4.79. The Bertz CT molecular complexity index is 366. The van der Waals surface area contributed by atoms with Crippen molar-refractivity contribution in [2.45, 2.75) is 24.5 Å². The third-order valence-corrected chi connectivity index (χ3v) is 2.01. The smallest absolute Gasteiger partial charge is 0.336 e. The fourth-order valence-electron chi connectivity index (χ4n) is 1.09. The van der Waals surface area contributed by atoms with E-state index in [1.165, 1.54) is 12.2 Å². The predicted octanol–water partition coefficient (Wildman–Crippen LogP) is -0.0493. The van der Waals surface area contributed by atoms with Crippen molar-refractivity contribution >= 4 is 17.9 Å². The second-order valence-corrected chi connectivity index (χ2v) is 3.51. The second-order valence-electron chi connectivity index (χ2n) is 3.51. The molecule has 7 nitrogen and oxygen atoms in total. The molecule has 0 amide bonds. The first-order valence-corrected chi connectivity index (χ1v) is 4.87. The van der Waals surface area contributed by atoms with E-state index in [9.17, 15) is 19.5 Å². The zero-order chi connectivity index (χ0) is 14.3. The highest BCUT2D eigenvalue weighted by Gasteiger charge is 2.41. The van der Waals surface area contributed by atoms with Gasteiger partial charge < -0.3 is 20.1 Å². The molecule has 100 valence electrons. The molecule has 0 saturated carbocycles. The summed E-state index contributed by atoms with van der Waals surface area (Å²) in [6, 6.07) is 0. The minimum absolute atomic E-state index is 0.833. The lowest BCUT2D eigenvalue weighted by molar-refractivity contribution is -0.172. The predicted molar refractivity (Wildman–Crippen MR) is 59.7 cm³/mol. The first-order valence-electron chi connectivity index (χ1n) is 4.87. The summed E-state index contributed by atoms with van der Waals surface area (Å²) >= 11 is 0. The molecule has 0 fully saturated rings. The maximum Gasteiger partial charge on any atom is 0.336 e. The average molecular weight is 258 g/mol. The Kier molecular flexibility index (Phi) is 5.77. The lowest BCUT2D eigenvalue weighted by Gasteiger charge is -2.21. The maximum atomic E-state index is 11.3. The monoisotopic (exact) mass is 258 g/mol. The zero-order valence-electron chi connectivity index (χ0n) is 9.54. The molecule has 0 aromatic heterocycles. The minimum Gasteiger partial charge on any atom is -0.481 e. The van der Waals surface area contributed by atoms with Crippen LogP contribution in [0.1, 0.15) is 12.8 Å². The number of carboxylic acids is 2. The van der Waals surface area contributed by atoms with Gasteiger partial charge in [0.05, 0.1) is 12.8 Å². The quantitative estimate of drug-likeness (QED) is 0.412. The van der Waals surface area contributed by atoms with Gasteiger partial charge in [0.1, 0.15) is 6.10 Å². The van der Waals surface area contributed by atoms with Crippen molar-refractivity contribution in [3.63, 3.8) is 0 Å². The number of rotatable bonds is 8. The Morgan fingerprint density at radius 1 is 1.17 bits per heavy atom. The molecule has 0 heterocycles. The molecule has 0 aliphatic rings. The third-order valence-electron chi connectivity index (χ3n) is 2.01. The summed E-state index contributed by atoms with van der Waals surface area (Å²) in [6.07, 6.45) is -0.443. The molecule has 0 radical (unpaired) electrons. The van der Waals surface area contributed by atoms with Crippen LogP contribution < -0.4 is 0 Å². The van der Waals surface area contributed by atoms with Gasteiger partial charge in [0.25, 0.3) is 0 Å². The number of carbonyl (C=O) groups is 3. The van der Waals surface area contributed by atoms with Gasteiger partial charge in [-0.3, -0.25) is 9.59 Å². The van der Waals surface area contributed by atoms with Crippen molar-refractivity contribution < 1.29 is 34.4 Å². The molecule has 7 heteroatoms. The standard InChI is InChI=1S/C11H14O7/c1-3-7(4-2)18-9(14)6-11(17,10(15)16)5-8(12)13/h3-4,7,17H,1-2,5-6H2,(H,12,13)(H,15,16). The lowest BCUT2D eigenvalue weighted by atomic mass is 9.96. The average Bonchev–Trinajstić information content (AvgIpc) is 2.24. The molecule has 0 aliphatic carbocycles. The normalized spacial score (nSPS) is 13.4. The topological polar surface area (TPSA) is 121 Å². The number of esters is 1. The largest absolute Gasteiger partial charge is 0.481 e. The fraction of sp³-hybridized carbons (Fsp3) is 0.364. The van der Waals surface area contributed by atoms with Crippen molar-refractivity contribution in [1.82, 2.24) is 0 Å². The van der Waals surface area contributed by atoms with Crippen molar-refractivity contribution in [2.24, 2.45) is 0 Å². The SMILES string of the molecule is C=CC(C=C)OC(=O)CC(O)(CC(=O)O)C(=O)O. The molecule has 0 rings (SSSR count). The number of aliphatic carboxylic acids is 2. The van der Waals surface area contributed by atoms with E-state index < -0.39 is 42.5 Å². The van der Waals surface area contributed by atoms with Crippen LogP contribution in [0.15, 0.2) is 25.3 Å². The van der Waals surface area contributed by atoms with E-state index in [1.54, 1.807) is 0 Å². The highest BCUT2D eigenvalue weighted by atomic mass is 16.5. The fourth-order valence-corrected chi connectivity index (χ4v) is 1.09. The Balaban J connectivity index is 4.74. The number of carbonyl (C=O) groups excluding carboxylic acids is 1. The van der Waals surface area contributed by atoms with E-state index in [-0.39, 0.29) is 0 Å². The lowest BCUT2D eigenvalue weighted by Crippen LogP contribution is -2.43. The summed E-state index contributed by atoms with van der Waals surface area (Å²) in [5.41, 5.74) is -2.70. The van der Waals surface area contributed by atoms with Gasteiger partial charge in [-0.2, -0.15) is 0 Å². The molecule has 0 spiro atoms. The molecule has 0 aromatic rings. The highest BCUT2D eigenvalue weighted by molar-refractivity contribution is 5.88. The molecule has 18 heavy (non-hydrogen) atoms. The summed E-state index contributed by atoms with van der Waals surface area (Å²) in [4.78, 5) is 32.5. The summed E-state index contributed by atoms with van der Waals surface area (Å²) in [5.74, 6) is -4.42. The zero-order valence-corrected chi connectivity index (χ0v) is 9.54. The van der Waals surface area contributed by atoms with Gasteiger partial charge in [0.2, 0.25) is 0 Å². The van der Waals surface area contributed by atoms with E-state index in [0.717, 1.165) is 0 Å². The summed E-state index contributed by atoms with van der Waals surface area (Å²) in [6.45, 7) is 6.69. The number of hydrogen-bond acceptors (Lipinski definition) is 5. The highest BCUT2D eigenvalue weighted by Crippen LogP contribution is 2.17. The van der Waals surface area contributed by atoms with E-state index in [1.807, 2.05) is 0 Å². The first kappa shape index (κ1) is 15.9. The van der Waals surface area contributed by atoms with E-state index >= 15 is 0 Å². The van der Waals surface area contributed by atoms with Crippen LogP contribution in [0.2, 0.25) is 0 Å². The minimum atomic E-state index is -2.70. The van der Waals surface area contributed by atoms with Crippen LogP contribution in [0.5, 0.6) is 0 Å². The molecular weight excluding hydrogens is 244 g/mol. The van der Waals surface area contributed by atoms with Gasteiger partial charge in [-0.1, -0.05) is 13.2 Å². The summed E-state index contributed by atoms with van der Waals surface area (Å²) in [7, 11) is 0. The van der Waals surface area contributed by atoms with E-state index in [4.69, 9.17) is 10.2 Å². The van der Waals surface area contributed by atoms with Gasteiger partial charge >= 0.3 is 17.9 Å². The maximum absolute atomic E-state index is 11.3. The van der Waals surface area contributed by atoms with Crippen molar-refractivity contribution in [2.75, 3.05) is 0 Å². The van der Waals surface area contributed by atoms with Crippen LogP contribution in [0.3, 0.4) is 0 Å². The van der Waals surface area contributed by atoms with Gasteiger partial charge in [0, 0.05) is 0 Å². The van der Waals surface area contributed by atoms with Crippen molar-refractivity contribution in [1.29, 1.82) is 0 Å². The molecule has 0 saturated heterocycles. The van der Waals surface area contributed by atoms with Crippen LogP contribution in [0.25, 0.3) is 0 Å². The van der Waals surface area contributed by atoms with Gasteiger partial charge in [0.15, 0.2) is 5.60 Å². The molecule has 0 aliphatic heterocycles. The second kappa shape index (κ2) is 6.55. The van der Waals surface area contributed by atoms with Gasteiger partial charge in [-0.25, -0.2) is 4.79 Å². The Labute approximate surface area is 103 Å². The number of hydrogen-bond donors (Lipinski definition) is 3. The van der Waals surface area contributed by atoms with Gasteiger partial charge in [-0.05, 0) is 12.2 Å². The van der Waals surface area contributed by atoms with Crippen LogP contribution >= 0.6 is 0 Å². The van der Waals surface area contributed by atoms with Crippen LogP contribution in [0, 0.1) is 0 Å². The van der Waals surface area contributed by atoms with Crippen molar-refractivity contribution in [3.05, 3.63) is 25.3 Å². The van der Waals surface area contributed by atoms with Crippen LogP contribution in [-0.4, -0.2) is 44.9 Å². The number of carboxylic acid groups (broad SMARTS) is 2. The Morgan fingerprint density at radius 2 is 1.67 bits per heavy atom. The molecule has 0 aromatic carbocycles. The first-order chi connectivity index (χ1) is 8.25. The van der Waals surface area contributed by atoms with E-state index in [0.29, 0.717) is 0 Å². The van der Waals surface area contributed by atoms with E-state index in [2.05, 4.69) is 17.9 Å². The Morgan fingerprint density at radius 3 is 2.00 bits per heavy atom. The Hall–Kier alpha value is -2.15. The number of aliphatic hydroxyl groups is 1. The van der Waals surface area contributed by atoms with Crippen LogP contribution in [-0.2, 0) is 19.1 Å². The molecule has 0 bridgehead atoms. The number of ether oxygens (including phenoxy) is 1. The van der Waals surface area contributed by atoms with Gasteiger partial charge in [-0.15, -0.1) is 0 Å². The molecule has 1 unspecified atom stereocenters. The molecule has 3 N–H and O–H groups in total.